The maximum atomic E-state index is 12.8. The number of amidine groups is 1. The lowest BCUT2D eigenvalue weighted by atomic mass is 10.0. The summed E-state index contributed by atoms with van der Waals surface area (Å²) in [6.45, 7) is 2.97. The number of urea groups is 1. The maximum Gasteiger partial charge on any atom is 0.417 e. The van der Waals surface area contributed by atoms with Gasteiger partial charge in [-0.25, -0.2) is 9.37 Å². The molecule has 1 saturated heterocycles. The van der Waals surface area contributed by atoms with E-state index in [0.717, 1.165) is 26.9 Å². The zero-order valence-electron chi connectivity index (χ0n) is 16.5. The molecule has 0 aromatic heterocycles. The van der Waals surface area contributed by atoms with E-state index in [4.69, 9.17) is 5.10 Å². The third-order valence-corrected chi connectivity index (χ3v) is 5.63. The summed E-state index contributed by atoms with van der Waals surface area (Å²) in [5.74, 6) is 0.800. The number of fused-ring (bicyclic) bond motifs is 3. The highest BCUT2D eigenvalue weighted by Crippen LogP contribution is 2.25. The topological polar surface area (TPSA) is 71.6 Å². The number of nitrogens with zero attached hydrogens (tertiary/aromatic N) is 6. The second kappa shape index (κ2) is 6.23. The molecule has 0 aliphatic carbocycles. The standard InChI is InChI=1S/C21H21N6O2/c1-13-11-26-17-18(24(2)21(29)25(3)19(17)28)22-20(26)27(23-13)12-15-9-6-8-14-7-4-5-10-16(14)15/h4-10,17H,11-12H2,1-3H3/q+1. The molecule has 1 unspecified atom stereocenters. The van der Waals surface area contributed by atoms with Gasteiger partial charge in [0.25, 0.3) is 5.91 Å². The van der Waals surface area contributed by atoms with E-state index in [1.165, 1.54) is 11.9 Å². The van der Waals surface area contributed by atoms with Crippen LogP contribution in [0.1, 0.15) is 12.5 Å². The fourth-order valence-corrected chi connectivity index (χ4v) is 4.18. The van der Waals surface area contributed by atoms with Crippen LogP contribution >= 0.6 is 0 Å². The Morgan fingerprint density at radius 3 is 2.66 bits per heavy atom. The van der Waals surface area contributed by atoms with Crippen LogP contribution in [0.25, 0.3) is 10.8 Å². The number of carbonyl (C=O) groups excluding carboxylic acids is 2. The molecule has 8 nitrogen and oxygen atoms in total. The number of hydrazone groups is 1. The van der Waals surface area contributed by atoms with Crippen molar-refractivity contribution in [2.75, 3.05) is 20.6 Å². The molecule has 29 heavy (non-hydrogen) atoms. The lowest BCUT2D eigenvalue weighted by molar-refractivity contribution is -0.528. The van der Waals surface area contributed by atoms with Crippen molar-refractivity contribution in [3.63, 3.8) is 0 Å². The molecule has 0 N–H and O–H groups in total. The minimum atomic E-state index is -0.599. The molecule has 3 amide bonds. The second-order valence-corrected chi connectivity index (χ2v) is 7.57. The Kier molecular flexibility index (Phi) is 3.77. The SMILES string of the molecule is CC1=NN(Cc2cccc3ccccc23)C2=[N+](C1)C1C(=O)N(C)C(=O)N(C)C1=N2. The van der Waals surface area contributed by atoms with Crippen molar-refractivity contribution in [1.29, 1.82) is 0 Å². The van der Waals surface area contributed by atoms with Gasteiger partial charge in [-0.15, -0.1) is 10.1 Å². The first-order valence-corrected chi connectivity index (χ1v) is 9.51. The number of hydrogen-bond donors (Lipinski definition) is 0. The van der Waals surface area contributed by atoms with Gasteiger partial charge in [0, 0.05) is 14.1 Å². The monoisotopic (exact) mass is 389 g/mol. The molecule has 0 bridgehead atoms. The van der Waals surface area contributed by atoms with Crippen LogP contribution in [0.15, 0.2) is 52.6 Å². The number of amides is 3. The van der Waals surface area contributed by atoms with Gasteiger partial charge in [-0.3, -0.25) is 14.6 Å². The van der Waals surface area contributed by atoms with Crippen molar-refractivity contribution < 1.29 is 14.2 Å². The van der Waals surface area contributed by atoms with Gasteiger partial charge >= 0.3 is 12.0 Å². The molecule has 2 aromatic carbocycles. The molecule has 5 rings (SSSR count). The first-order chi connectivity index (χ1) is 14.0. The molecule has 0 radical (unpaired) electrons. The largest absolute Gasteiger partial charge is 0.417 e. The van der Waals surface area contributed by atoms with Crippen LogP contribution in [-0.4, -0.2) is 75.5 Å². The average molecular weight is 389 g/mol. The minimum absolute atomic E-state index is 0.262. The summed E-state index contributed by atoms with van der Waals surface area (Å²) in [5.41, 5.74) is 2.01. The molecule has 3 heterocycles. The molecule has 3 aliphatic heterocycles. The molecule has 146 valence electrons. The van der Waals surface area contributed by atoms with E-state index in [9.17, 15) is 9.59 Å². The number of benzene rings is 2. The summed E-state index contributed by atoms with van der Waals surface area (Å²) in [5, 5.41) is 8.86. The number of hydrogen-bond acceptors (Lipinski definition) is 5. The quantitative estimate of drug-likeness (QED) is 0.734. The van der Waals surface area contributed by atoms with Gasteiger partial charge in [-0.2, -0.15) is 0 Å². The number of likely N-dealkylation sites (N-methyl/N-ethyl adjacent to an activating group) is 2. The minimum Gasteiger partial charge on any atom is -0.270 e. The molecular weight excluding hydrogens is 368 g/mol. The number of rotatable bonds is 2. The fraction of sp³-hybridized carbons (Fsp3) is 0.286. The van der Waals surface area contributed by atoms with E-state index >= 15 is 0 Å². The van der Waals surface area contributed by atoms with Gasteiger partial charge in [0.15, 0.2) is 0 Å². The van der Waals surface area contributed by atoms with Gasteiger partial charge in [-0.1, -0.05) is 47.5 Å². The molecule has 1 atom stereocenters. The molecule has 8 heteroatoms. The zero-order valence-corrected chi connectivity index (χ0v) is 16.5. The Bertz CT molecular complexity index is 1160. The van der Waals surface area contributed by atoms with Gasteiger partial charge in [0.05, 0.1) is 5.71 Å². The van der Waals surface area contributed by atoms with Crippen molar-refractivity contribution >= 4 is 40.2 Å². The van der Waals surface area contributed by atoms with Crippen LogP contribution in [0.3, 0.4) is 0 Å². The summed E-state index contributed by atoms with van der Waals surface area (Å²) in [7, 11) is 3.16. The molecule has 0 spiro atoms. The van der Waals surface area contributed by atoms with E-state index in [1.807, 2.05) is 34.7 Å². The first-order valence-electron chi connectivity index (χ1n) is 9.51. The fourth-order valence-electron chi connectivity index (χ4n) is 4.18. The van der Waals surface area contributed by atoms with E-state index < -0.39 is 6.04 Å². The van der Waals surface area contributed by atoms with E-state index in [0.29, 0.717) is 24.9 Å². The van der Waals surface area contributed by atoms with Crippen LogP contribution in [0, 0.1) is 0 Å². The molecule has 1 fully saturated rings. The van der Waals surface area contributed by atoms with Crippen molar-refractivity contribution in [3.05, 3.63) is 48.0 Å². The lowest BCUT2D eigenvalue weighted by Gasteiger charge is -2.32. The average Bonchev–Trinajstić information content (AvgIpc) is 3.10. The molecule has 3 aliphatic rings. The van der Waals surface area contributed by atoms with Crippen molar-refractivity contribution in [2.24, 2.45) is 10.1 Å². The second-order valence-electron chi connectivity index (χ2n) is 7.57. The van der Waals surface area contributed by atoms with E-state index in [1.54, 1.807) is 7.05 Å². The summed E-state index contributed by atoms with van der Waals surface area (Å²) in [6.07, 6.45) is 0. The number of imide groups is 1. The Labute approximate surface area is 168 Å². The smallest absolute Gasteiger partial charge is 0.270 e. The predicted molar refractivity (Wildman–Crippen MR) is 110 cm³/mol. The normalized spacial score (nSPS) is 21.5. The van der Waals surface area contributed by atoms with Crippen molar-refractivity contribution in [2.45, 2.75) is 19.5 Å². The lowest BCUT2D eigenvalue weighted by Crippen LogP contribution is -2.62. The number of aliphatic imine (C=N–C) groups is 1. The number of guanidine groups is 1. The van der Waals surface area contributed by atoms with Crippen LogP contribution in [0.4, 0.5) is 4.79 Å². The van der Waals surface area contributed by atoms with Crippen LogP contribution < -0.4 is 0 Å². The summed E-state index contributed by atoms with van der Waals surface area (Å²) < 4.78 is 1.94. The Morgan fingerprint density at radius 2 is 1.83 bits per heavy atom. The van der Waals surface area contributed by atoms with Gasteiger partial charge < -0.3 is 0 Å². The maximum absolute atomic E-state index is 12.8. The van der Waals surface area contributed by atoms with E-state index in [2.05, 4.69) is 29.3 Å². The zero-order chi connectivity index (χ0) is 20.3. The Balaban J connectivity index is 1.57. The third-order valence-electron chi connectivity index (χ3n) is 5.63. The Morgan fingerprint density at radius 1 is 1.07 bits per heavy atom. The Hall–Kier alpha value is -3.55. The van der Waals surface area contributed by atoms with Crippen LogP contribution in [0.5, 0.6) is 0 Å². The van der Waals surface area contributed by atoms with Crippen molar-refractivity contribution in [3.8, 4) is 0 Å². The summed E-state index contributed by atoms with van der Waals surface area (Å²) in [4.78, 5) is 32.5. The molecule has 2 aromatic rings. The van der Waals surface area contributed by atoms with Gasteiger partial charge in [0.1, 0.15) is 13.1 Å². The first kappa shape index (κ1) is 17.5. The van der Waals surface area contributed by atoms with Crippen molar-refractivity contribution in [1.82, 2.24) is 14.8 Å². The highest BCUT2D eigenvalue weighted by Gasteiger charge is 2.53. The molecular formula is C21H21N6O2+. The van der Waals surface area contributed by atoms with E-state index in [-0.39, 0.29) is 11.9 Å². The predicted octanol–water partition coefficient (Wildman–Crippen LogP) is 1.70. The summed E-state index contributed by atoms with van der Waals surface area (Å²) in [6, 6.07) is 13.5. The van der Waals surface area contributed by atoms with Gasteiger partial charge in [0.2, 0.25) is 11.9 Å². The van der Waals surface area contributed by atoms with Gasteiger partial charge in [-0.05, 0) is 23.3 Å². The highest BCUT2D eigenvalue weighted by molar-refractivity contribution is 6.23. The van der Waals surface area contributed by atoms with Crippen LogP contribution in [-0.2, 0) is 11.3 Å². The molecule has 0 saturated carbocycles. The highest BCUT2D eigenvalue weighted by atomic mass is 16.2. The van der Waals surface area contributed by atoms with Crippen LogP contribution in [0.2, 0.25) is 0 Å². The summed E-state index contributed by atoms with van der Waals surface area (Å²) >= 11 is 0. The third kappa shape index (κ3) is 2.55. The number of carbonyl (C=O) groups is 2.